The number of carbonyl (C=O) groups is 1. The van der Waals surface area contributed by atoms with Gasteiger partial charge in [0.1, 0.15) is 17.1 Å². The van der Waals surface area contributed by atoms with Crippen LogP contribution in [0.15, 0.2) is 83.8 Å². The Kier molecular flexibility index (Phi) is 3.91. The van der Waals surface area contributed by atoms with E-state index in [1.54, 1.807) is 73.8 Å². The van der Waals surface area contributed by atoms with Crippen molar-refractivity contribution in [2.75, 3.05) is 7.11 Å². The molecular formula is C23H18O5S. The van der Waals surface area contributed by atoms with E-state index >= 15 is 0 Å². The van der Waals surface area contributed by atoms with E-state index in [-0.39, 0.29) is 16.2 Å². The fraction of sp³-hybridized carbons (Fsp3) is 0.174. The summed E-state index contributed by atoms with van der Waals surface area (Å²) >= 11 is 0. The van der Waals surface area contributed by atoms with E-state index in [2.05, 4.69) is 0 Å². The number of hydrogen-bond acceptors (Lipinski definition) is 5. The lowest BCUT2D eigenvalue weighted by molar-refractivity contribution is 0.0856. The van der Waals surface area contributed by atoms with Crippen molar-refractivity contribution in [1.82, 2.24) is 0 Å². The molecule has 3 unspecified atom stereocenters. The Bertz CT molecular complexity index is 1200. The van der Waals surface area contributed by atoms with E-state index < -0.39 is 26.8 Å². The summed E-state index contributed by atoms with van der Waals surface area (Å²) in [5, 5.41) is -1.11. The minimum atomic E-state index is -3.84. The quantitative estimate of drug-likeness (QED) is 0.617. The first-order valence-electron chi connectivity index (χ1n) is 9.24. The number of ketones is 1. The maximum absolute atomic E-state index is 13.6. The van der Waals surface area contributed by atoms with Crippen LogP contribution in [0.2, 0.25) is 0 Å². The van der Waals surface area contributed by atoms with Crippen molar-refractivity contribution in [3.05, 3.63) is 95.6 Å². The molecule has 0 saturated carbocycles. The fourth-order valence-electron chi connectivity index (χ4n) is 4.27. The molecule has 0 amide bonds. The number of carbonyl (C=O) groups excluding carboxylic acids is 1. The lowest BCUT2D eigenvalue weighted by Gasteiger charge is -2.30. The fourth-order valence-corrected chi connectivity index (χ4v) is 6.52. The zero-order chi connectivity index (χ0) is 20.2. The number of rotatable bonds is 3. The van der Waals surface area contributed by atoms with Crippen LogP contribution in [0.4, 0.5) is 0 Å². The summed E-state index contributed by atoms with van der Waals surface area (Å²) in [4.78, 5) is 13.6. The molecule has 0 radical (unpaired) electrons. The molecule has 2 heterocycles. The summed E-state index contributed by atoms with van der Waals surface area (Å²) in [6.45, 7) is 0. The standard InChI is InChI=1S/C23H18O5S/c1-27-17-13-11-15(12-14-17)21-23(28-21)20(24)18-9-5-6-10-19(18)29(25,26)22(23)16-7-3-2-4-8-16/h2-14,21-22H,1H3. The Morgan fingerprint density at radius 3 is 2.21 bits per heavy atom. The van der Waals surface area contributed by atoms with Gasteiger partial charge in [-0.3, -0.25) is 4.79 Å². The summed E-state index contributed by atoms with van der Waals surface area (Å²) in [5.74, 6) is 0.383. The molecule has 3 aromatic carbocycles. The van der Waals surface area contributed by atoms with Crippen molar-refractivity contribution < 1.29 is 22.7 Å². The Balaban J connectivity index is 1.71. The van der Waals surface area contributed by atoms with Gasteiger partial charge in [-0.1, -0.05) is 54.6 Å². The van der Waals surface area contributed by atoms with Gasteiger partial charge in [0.25, 0.3) is 0 Å². The highest BCUT2D eigenvalue weighted by molar-refractivity contribution is 7.92. The second-order valence-electron chi connectivity index (χ2n) is 7.23. The number of ether oxygens (including phenoxy) is 2. The van der Waals surface area contributed by atoms with Crippen LogP contribution in [0.1, 0.15) is 32.8 Å². The van der Waals surface area contributed by atoms with Crippen LogP contribution in [-0.2, 0) is 14.6 Å². The molecule has 5 nitrogen and oxygen atoms in total. The Labute approximate surface area is 168 Å². The Hall–Kier alpha value is -2.96. The molecule has 146 valence electrons. The van der Waals surface area contributed by atoms with Gasteiger partial charge in [0.2, 0.25) is 5.78 Å². The average Bonchev–Trinajstić information content (AvgIpc) is 3.49. The molecule has 3 aromatic rings. The number of Topliss-reactive ketones (excluding diaryl/α,β-unsaturated/α-hetero) is 1. The molecule has 29 heavy (non-hydrogen) atoms. The highest BCUT2D eigenvalue weighted by atomic mass is 32.2. The lowest BCUT2D eigenvalue weighted by Crippen LogP contribution is -2.42. The van der Waals surface area contributed by atoms with Crippen LogP contribution in [-0.4, -0.2) is 26.9 Å². The molecule has 0 aliphatic carbocycles. The molecule has 0 N–H and O–H groups in total. The van der Waals surface area contributed by atoms with Crippen molar-refractivity contribution in [3.8, 4) is 5.75 Å². The molecule has 6 heteroatoms. The van der Waals surface area contributed by atoms with Gasteiger partial charge in [-0.15, -0.1) is 0 Å². The molecule has 0 bridgehead atoms. The predicted octanol–water partition coefficient (Wildman–Crippen LogP) is 3.92. The smallest absolute Gasteiger partial charge is 0.200 e. The number of benzene rings is 3. The number of epoxide rings is 1. The van der Waals surface area contributed by atoms with Crippen LogP contribution >= 0.6 is 0 Å². The minimum absolute atomic E-state index is 0.0634. The van der Waals surface area contributed by atoms with E-state index in [4.69, 9.17) is 9.47 Å². The molecule has 1 fully saturated rings. The molecule has 1 spiro atoms. The van der Waals surface area contributed by atoms with E-state index in [1.807, 2.05) is 6.07 Å². The summed E-state index contributed by atoms with van der Waals surface area (Å²) in [6.07, 6.45) is -0.644. The minimum Gasteiger partial charge on any atom is -0.497 e. The van der Waals surface area contributed by atoms with Crippen molar-refractivity contribution in [2.24, 2.45) is 0 Å². The molecule has 2 aliphatic rings. The van der Waals surface area contributed by atoms with Gasteiger partial charge in [0.05, 0.1) is 12.0 Å². The molecule has 5 rings (SSSR count). The van der Waals surface area contributed by atoms with Crippen LogP contribution in [0.25, 0.3) is 0 Å². The van der Waals surface area contributed by atoms with Crippen molar-refractivity contribution >= 4 is 15.6 Å². The van der Waals surface area contributed by atoms with Crippen LogP contribution in [0, 0.1) is 0 Å². The first-order chi connectivity index (χ1) is 14.0. The van der Waals surface area contributed by atoms with E-state index in [1.165, 1.54) is 6.07 Å². The monoisotopic (exact) mass is 406 g/mol. The molecular weight excluding hydrogens is 388 g/mol. The Morgan fingerprint density at radius 2 is 1.52 bits per heavy atom. The third kappa shape index (κ3) is 2.49. The van der Waals surface area contributed by atoms with Crippen molar-refractivity contribution in [1.29, 1.82) is 0 Å². The van der Waals surface area contributed by atoms with Crippen molar-refractivity contribution in [3.63, 3.8) is 0 Å². The summed E-state index contributed by atoms with van der Waals surface area (Å²) in [7, 11) is -2.27. The van der Waals surface area contributed by atoms with Crippen LogP contribution in [0.3, 0.4) is 0 Å². The van der Waals surface area contributed by atoms with Crippen LogP contribution < -0.4 is 4.74 Å². The zero-order valence-electron chi connectivity index (χ0n) is 15.6. The van der Waals surface area contributed by atoms with Gasteiger partial charge in [-0.25, -0.2) is 8.42 Å². The van der Waals surface area contributed by atoms with Crippen LogP contribution in [0.5, 0.6) is 5.75 Å². The zero-order valence-corrected chi connectivity index (χ0v) is 16.4. The van der Waals surface area contributed by atoms with Gasteiger partial charge < -0.3 is 9.47 Å². The van der Waals surface area contributed by atoms with Crippen molar-refractivity contribution in [2.45, 2.75) is 21.9 Å². The molecule has 2 aliphatic heterocycles. The summed E-state index contributed by atoms with van der Waals surface area (Å²) in [5.41, 5.74) is 0.0140. The number of methoxy groups -OCH3 is 1. The number of sulfone groups is 1. The van der Waals surface area contributed by atoms with E-state index in [0.29, 0.717) is 11.3 Å². The number of fused-ring (bicyclic) bond motifs is 1. The van der Waals surface area contributed by atoms with Gasteiger partial charge in [-0.05, 0) is 35.4 Å². The predicted molar refractivity (Wildman–Crippen MR) is 107 cm³/mol. The lowest BCUT2D eigenvalue weighted by atomic mass is 9.85. The number of hydrogen-bond donors (Lipinski definition) is 0. The first-order valence-corrected chi connectivity index (χ1v) is 10.8. The van der Waals surface area contributed by atoms with Gasteiger partial charge in [-0.2, -0.15) is 0 Å². The second kappa shape index (κ2) is 6.27. The summed E-state index contributed by atoms with van der Waals surface area (Å²) in [6, 6.07) is 22.4. The molecule has 3 atom stereocenters. The van der Waals surface area contributed by atoms with Gasteiger partial charge in [0.15, 0.2) is 15.4 Å². The molecule has 0 aromatic heterocycles. The van der Waals surface area contributed by atoms with Gasteiger partial charge >= 0.3 is 0 Å². The highest BCUT2D eigenvalue weighted by Gasteiger charge is 2.73. The maximum Gasteiger partial charge on any atom is 0.200 e. The third-order valence-electron chi connectivity index (χ3n) is 5.66. The maximum atomic E-state index is 13.6. The topological polar surface area (TPSA) is 73.0 Å². The van der Waals surface area contributed by atoms with E-state index in [0.717, 1.165) is 5.56 Å². The average molecular weight is 406 g/mol. The molecule has 1 saturated heterocycles. The largest absolute Gasteiger partial charge is 0.497 e. The summed E-state index contributed by atoms with van der Waals surface area (Å²) < 4.78 is 38.5. The normalized spacial score (nSPS) is 26.7. The Morgan fingerprint density at radius 1 is 0.862 bits per heavy atom. The van der Waals surface area contributed by atoms with E-state index in [9.17, 15) is 13.2 Å². The second-order valence-corrected chi connectivity index (χ2v) is 9.23. The SMILES string of the molecule is COc1ccc(C2OC23C(=O)c2ccccc2S(=O)(=O)C3c2ccccc2)cc1. The first kappa shape index (κ1) is 18.1. The third-order valence-corrected chi connectivity index (χ3v) is 7.87. The highest BCUT2D eigenvalue weighted by Crippen LogP contribution is 2.64. The van der Waals surface area contributed by atoms with Gasteiger partial charge in [0, 0.05) is 5.56 Å².